The Labute approximate surface area is 137 Å². The van der Waals surface area contributed by atoms with Gasteiger partial charge in [-0.3, -0.25) is 9.97 Å². The summed E-state index contributed by atoms with van der Waals surface area (Å²) in [5.74, 6) is 0. The molecule has 23 heavy (non-hydrogen) atoms. The third kappa shape index (κ3) is 2.01. The van der Waals surface area contributed by atoms with Crippen molar-refractivity contribution in [2.45, 2.75) is 0 Å². The Morgan fingerprint density at radius 3 is 2.30 bits per heavy atom. The number of hydrogen-bond acceptors (Lipinski definition) is 3. The summed E-state index contributed by atoms with van der Waals surface area (Å²) in [4.78, 5) is 9.22. The van der Waals surface area contributed by atoms with Gasteiger partial charge in [-0.1, -0.05) is 42.5 Å². The number of fused-ring (bicyclic) bond motifs is 4. The number of rotatable bonds is 1. The fourth-order valence-corrected chi connectivity index (χ4v) is 4.05. The highest BCUT2D eigenvalue weighted by Crippen LogP contribution is 2.35. The monoisotopic (exact) mass is 312 g/mol. The van der Waals surface area contributed by atoms with Crippen molar-refractivity contribution in [2.24, 2.45) is 0 Å². The minimum absolute atomic E-state index is 0.917. The first-order chi connectivity index (χ1) is 11.4. The predicted molar refractivity (Wildman–Crippen MR) is 97.9 cm³/mol. The average Bonchev–Trinajstić information content (AvgIpc) is 2.99. The molecule has 108 valence electrons. The van der Waals surface area contributed by atoms with Crippen molar-refractivity contribution in [3.8, 4) is 11.4 Å². The predicted octanol–water partition coefficient (Wildman–Crippen LogP) is 5.66. The van der Waals surface area contributed by atoms with Gasteiger partial charge < -0.3 is 0 Å². The van der Waals surface area contributed by atoms with Gasteiger partial charge in [0.2, 0.25) is 0 Å². The first kappa shape index (κ1) is 12.7. The third-order valence-corrected chi connectivity index (χ3v) is 5.28. The molecule has 0 saturated heterocycles. The van der Waals surface area contributed by atoms with Crippen LogP contribution in [0.15, 0.2) is 73.1 Å². The van der Waals surface area contributed by atoms with E-state index in [-0.39, 0.29) is 0 Å². The number of nitrogens with zero attached hydrogens (tertiary/aromatic N) is 2. The molecule has 0 saturated carbocycles. The molecule has 0 bridgehead atoms. The smallest absolute Gasteiger partial charge is 0.0893 e. The number of hydrogen-bond donors (Lipinski definition) is 0. The maximum Gasteiger partial charge on any atom is 0.0893 e. The summed E-state index contributed by atoms with van der Waals surface area (Å²) in [5.41, 5.74) is 1.84. The van der Waals surface area contributed by atoms with Crippen molar-refractivity contribution in [3.05, 3.63) is 73.1 Å². The minimum atomic E-state index is 0.917. The lowest BCUT2D eigenvalue weighted by atomic mass is 10.1. The van der Waals surface area contributed by atoms with Crippen molar-refractivity contribution < 1.29 is 0 Å². The van der Waals surface area contributed by atoms with Gasteiger partial charge in [0.05, 0.1) is 16.1 Å². The Kier molecular flexibility index (Phi) is 2.69. The van der Waals surface area contributed by atoms with Crippen LogP contribution in [0.4, 0.5) is 0 Å². The number of benzene rings is 2. The molecule has 2 nitrogen and oxygen atoms in total. The Bertz CT molecular complexity index is 1170. The number of thiophene rings is 1. The summed E-state index contributed by atoms with van der Waals surface area (Å²) in [6.45, 7) is 0. The summed E-state index contributed by atoms with van der Waals surface area (Å²) in [5, 5.41) is 4.88. The second-order valence-electron chi connectivity index (χ2n) is 5.58. The van der Waals surface area contributed by atoms with Crippen LogP contribution in [0.2, 0.25) is 0 Å². The van der Waals surface area contributed by atoms with E-state index in [1.165, 1.54) is 25.6 Å². The largest absolute Gasteiger partial charge is 0.254 e. The SMILES string of the molecule is c1ccc2cc(-c3cc4c(cn3)sc3ccccc34)ncc2c1. The van der Waals surface area contributed by atoms with Gasteiger partial charge in [-0.2, -0.15) is 0 Å². The molecule has 0 spiro atoms. The zero-order valence-electron chi connectivity index (χ0n) is 12.2. The van der Waals surface area contributed by atoms with E-state index in [1.807, 2.05) is 18.5 Å². The molecule has 3 heteroatoms. The van der Waals surface area contributed by atoms with Crippen LogP contribution in [0.5, 0.6) is 0 Å². The topological polar surface area (TPSA) is 25.8 Å². The molecule has 0 fully saturated rings. The molecule has 0 atom stereocenters. The quantitative estimate of drug-likeness (QED) is 0.399. The van der Waals surface area contributed by atoms with Gasteiger partial charge in [0, 0.05) is 33.3 Å². The summed E-state index contributed by atoms with van der Waals surface area (Å²) < 4.78 is 2.52. The minimum Gasteiger partial charge on any atom is -0.254 e. The van der Waals surface area contributed by atoms with Gasteiger partial charge in [0.25, 0.3) is 0 Å². The highest BCUT2D eigenvalue weighted by molar-refractivity contribution is 7.25. The van der Waals surface area contributed by atoms with Gasteiger partial charge in [0.1, 0.15) is 0 Å². The molecule has 0 radical (unpaired) electrons. The zero-order chi connectivity index (χ0) is 15.2. The number of aromatic nitrogens is 2. The van der Waals surface area contributed by atoms with E-state index in [9.17, 15) is 0 Å². The van der Waals surface area contributed by atoms with Gasteiger partial charge in [0.15, 0.2) is 0 Å². The molecule has 2 aromatic carbocycles. The second-order valence-corrected chi connectivity index (χ2v) is 6.66. The molecule has 5 rings (SSSR count). The lowest BCUT2D eigenvalue weighted by Gasteiger charge is -2.03. The zero-order valence-corrected chi connectivity index (χ0v) is 13.0. The number of pyridine rings is 2. The lowest BCUT2D eigenvalue weighted by molar-refractivity contribution is 1.28. The lowest BCUT2D eigenvalue weighted by Crippen LogP contribution is -1.87. The van der Waals surface area contributed by atoms with Gasteiger partial charge in [-0.15, -0.1) is 11.3 Å². The fraction of sp³-hybridized carbons (Fsp3) is 0. The fourth-order valence-electron chi connectivity index (χ4n) is 2.99. The third-order valence-electron chi connectivity index (χ3n) is 4.16. The molecular formula is C20H12N2S. The van der Waals surface area contributed by atoms with Crippen molar-refractivity contribution in [2.75, 3.05) is 0 Å². The highest BCUT2D eigenvalue weighted by Gasteiger charge is 2.08. The molecule has 3 heterocycles. The highest BCUT2D eigenvalue weighted by atomic mass is 32.1. The van der Waals surface area contributed by atoms with E-state index in [1.54, 1.807) is 11.3 Å². The van der Waals surface area contributed by atoms with E-state index in [0.29, 0.717) is 0 Å². The summed E-state index contributed by atoms with van der Waals surface area (Å²) in [6.07, 6.45) is 3.88. The maximum absolute atomic E-state index is 4.63. The molecule has 0 N–H and O–H groups in total. The van der Waals surface area contributed by atoms with Crippen LogP contribution < -0.4 is 0 Å². The Hall–Kier alpha value is -2.78. The summed E-state index contributed by atoms with van der Waals surface area (Å²) in [7, 11) is 0. The van der Waals surface area contributed by atoms with Crippen LogP contribution in [-0.4, -0.2) is 9.97 Å². The summed E-state index contributed by atoms with van der Waals surface area (Å²) >= 11 is 1.79. The van der Waals surface area contributed by atoms with Crippen molar-refractivity contribution >= 4 is 42.3 Å². The molecule has 0 aliphatic carbocycles. The molecule has 0 amide bonds. The van der Waals surface area contributed by atoms with E-state index in [4.69, 9.17) is 0 Å². The molecule has 0 aliphatic rings. The van der Waals surface area contributed by atoms with Crippen LogP contribution in [0.1, 0.15) is 0 Å². The Balaban J connectivity index is 1.76. The van der Waals surface area contributed by atoms with E-state index < -0.39 is 0 Å². The van der Waals surface area contributed by atoms with Crippen molar-refractivity contribution in [3.63, 3.8) is 0 Å². The van der Waals surface area contributed by atoms with Gasteiger partial charge >= 0.3 is 0 Å². The maximum atomic E-state index is 4.63. The van der Waals surface area contributed by atoms with Gasteiger partial charge in [-0.25, -0.2) is 0 Å². The van der Waals surface area contributed by atoms with E-state index in [0.717, 1.165) is 16.8 Å². The van der Waals surface area contributed by atoms with Crippen LogP contribution in [-0.2, 0) is 0 Å². The second kappa shape index (κ2) is 4.86. The molecular weight excluding hydrogens is 300 g/mol. The van der Waals surface area contributed by atoms with Gasteiger partial charge in [-0.05, 0) is 23.6 Å². The Morgan fingerprint density at radius 1 is 0.609 bits per heavy atom. The average molecular weight is 312 g/mol. The van der Waals surface area contributed by atoms with Crippen LogP contribution in [0, 0.1) is 0 Å². The van der Waals surface area contributed by atoms with Crippen molar-refractivity contribution in [1.82, 2.24) is 9.97 Å². The molecule has 0 aliphatic heterocycles. The molecule has 0 unspecified atom stereocenters. The van der Waals surface area contributed by atoms with Crippen LogP contribution >= 0.6 is 11.3 Å². The molecule has 5 aromatic rings. The Morgan fingerprint density at radius 2 is 1.35 bits per heavy atom. The van der Waals surface area contributed by atoms with Crippen molar-refractivity contribution in [1.29, 1.82) is 0 Å². The standard InChI is InChI=1S/C20H12N2S/c1-2-6-14-11-21-17(9-13(14)5-1)18-10-16-15-7-3-4-8-19(15)23-20(16)12-22-18/h1-12H. The normalized spacial score (nSPS) is 11.5. The summed E-state index contributed by atoms with van der Waals surface area (Å²) in [6, 6.07) is 21.0. The van der Waals surface area contributed by atoms with E-state index >= 15 is 0 Å². The van der Waals surface area contributed by atoms with Crippen LogP contribution in [0.3, 0.4) is 0 Å². The first-order valence-electron chi connectivity index (χ1n) is 7.51. The first-order valence-corrected chi connectivity index (χ1v) is 8.33. The molecule has 3 aromatic heterocycles. The van der Waals surface area contributed by atoms with Crippen LogP contribution in [0.25, 0.3) is 42.3 Å². The van der Waals surface area contributed by atoms with E-state index in [2.05, 4.69) is 64.6 Å².